The third kappa shape index (κ3) is 4.36. The Morgan fingerprint density at radius 1 is 1.03 bits per heavy atom. The van der Waals surface area contributed by atoms with Gasteiger partial charge in [0, 0.05) is 12.1 Å². The van der Waals surface area contributed by atoms with E-state index in [9.17, 15) is 13.9 Å². The van der Waals surface area contributed by atoms with Crippen LogP contribution in [0.1, 0.15) is 5.56 Å². The number of imidazole rings is 1. The number of benzene rings is 1. The number of rotatable bonds is 7. The zero-order valence-electron chi connectivity index (χ0n) is 18.1. The van der Waals surface area contributed by atoms with Crippen LogP contribution < -0.4 is 14.2 Å². The molecule has 2 aromatic heterocycles. The minimum Gasteiger partial charge on any atom is -0.485 e. The van der Waals surface area contributed by atoms with Gasteiger partial charge in [-0.15, -0.1) is 0 Å². The molecule has 3 aliphatic heterocycles. The maximum absolute atomic E-state index is 14.5. The number of aromatic amines is 1. The summed E-state index contributed by atoms with van der Waals surface area (Å²) in [7, 11) is 0. The number of halogens is 3. The first-order valence-corrected chi connectivity index (χ1v) is 11.3. The zero-order chi connectivity index (χ0) is 24.1. The molecule has 0 bridgehead atoms. The van der Waals surface area contributed by atoms with Gasteiger partial charge in [0.15, 0.2) is 11.8 Å². The van der Waals surface area contributed by atoms with Crippen molar-refractivity contribution >= 4 is 22.8 Å². The highest BCUT2D eigenvalue weighted by Crippen LogP contribution is 2.32. The standard InChI is InChI=1S/C22H20ClF2N3O7/c23-12-3-15-20(28-22(26-15)35-17-8-32-18-16(29)7-31-19(17)18)27-21(12)33-6-11-13(24)1-9(2-14(11)25)34-10-4-30-5-10/h1-3,10,16-19,29H,4-8H2,(H,26,27,28)/t16-,17-,18-,19-/m1/s1. The van der Waals surface area contributed by atoms with Gasteiger partial charge in [0.1, 0.15) is 53.4 Å². The molecule has 0 aliphatic carbocycles. The third-order valence-electron chi connectivity index (χ3n) is 6.00. The van der Waals surface area contributed by atoms with Gasteiger partial charge in [0.2, 0.25) is 5.88 Å². The van der Waals surface area contributed by atoms with Crippen molar-refractivity contribution in [3.63, 3.8) is 0 Å². The monoisotopic (exact) mass is 511 g/mol. The molecule has 1 aromatic carbocycles. The second-order valence-corrected chi connectivity index (χ2v) is 8.85. The first kappa shape index (κ1) is 22.7. The summed E-state index contributed by atoms with van der Waals surface area (Å²) in [6.45, 7) is 0.736. The Hall–Kier alpha value is -2.77. The van der Waals surface area contributed by atoms with Gasteiger partial charge >= 0.3 is 0 Å². The maximum Gasteiger partial charge on any atom is 0.296 e. The van der Waals surface area contributed by atoms with Gasteiger partial charge in [-0.3, -0.25) is 0 Å². The van der Waals surface area contributed by atoms with Crippen molar-refractivity contribution in [3.8, 4) is 17.6 Å². The van der Waals surface area contributed by atoms with Gasteiger partial charge in [-0.25, -0.2) is 8.78 Å². The average Bonchev–Trinajstić information content (AvgIpc) is 3.47. The summed E-state index contributed by atoms with van der Waals surface area (Å²) in [6.07, 6.45) is -2.21. The number of nitrogens with one attached hydrogen (secondary N) is 1. The zero-order valence-corrected chi connectivity index (χ0v) is 18.8. The van der Waals surface area contributed by atoms with Gasteiger partial charge in [0.05, 0.1) is 37.5 Å². The summed E-state index contributed by atoms with van der Waals surface area (Å²) in [5.41, 5.74) is 0.412. The number of aliphatic hydroxyl groups is 1. The molecule has 186 valence electrons. The number of aromatic nitrogens is 3. The lowest BCUT2D eigenvalue weighted by Gasteiger charge is -2.26. The van der Waals surface area contributed by atoms with E-state index in [-0.39, 0.29) is 53.2 Å². The molecule has 0 spiro atoms. The Morgan fingerprint density at radius 3 is 2.54 bits per heavy atom. The van der Waals surface area contributed by atoms with Crippen molar-refractivity contribution in [3.05, 3.63) is 40.4 Å². The van der Waals surface area contributed by atoms with Crippen LogP contribution in [-0.2, 0) is 20.8 Å². The molecule has 3 fully saturated rings. The Kier molecular flexibility index (Phi) is 5.85. The Bertz CT molecular complexity index is 1230. The van der Waals surface area contributed by atoms with E-state index in [0.717, 1.165) is 12.1 Å². The molecule has 4 atom stereocenters. The molecule has 5 heterocycles. The molecule has 3 aromatic rings. The van der Waals surface area contributed by atoms with Gasteiger partial charge in [-0.1, -0.05) is 11.6 Å². The average molecular weight is 512 g/mol. The van der Waals surface area contributed by atoms with E-state index in [4.69, 9.17) is 40.0 Å². The summed E-state index contributed by atoms with van der Waals surface area (Å²) in [5.74, 6) is -1.60. The minimum absolute atomic E-state index is 0.0468. The number of nitrogens with zero attached hydrogens (tertiary/aromatic N) is 2. The van der Waals surface area contributed by atoms with Crippen molar-refractivity contribution in [1.82, 2.24) is 15.0 Å². The molecule has 2 N–H and O–H groups in total. The highest BCUT2D eigenvalue weighted by atomic mass is 35.5. The predicted molar refractivity (Wildman–Crippen MR) is 115 cm³/mol. The number of aliphatic hydroxyl groups excluding tert-OH is 1. The molecule has 0 unspecified atom stereocenters. The molecule has 3 aliphatic rings. The molecule has 10 nitrogen and oxygen atoms in total. The number of ether oxygens (including phenoxy) is 6. The van der Waals surface area contributed by atoms with Gasteiger partial charge < -0.3 is 38.5 Å². The van der Waals surface area contributed by atoms with E-state index in [2.05, 4.69) is 15.0 Å². The van der Waals surface area contributed by atoms with Gasteiger partial charge in [-0.2, -0.15) is 9.97 Å². The number of pyridine rings is 1. The lowest BCUT2D eigenvalue weighted by Crippen LogP contribution is -2.38. The largest absolute Gasteiger partial charge is 0.485 e. The third-order valence-corrected chi connectivity index (χ3v) is 6.27. The van der Waals surface area contributed by atoms with Gasteiger partial charge in [0.25, 0.3) is 6.01 Å². The number of fused-ring (bicyclic) bond motifs is 2. The SMILES string of the molecule is O[C@@H]1CO[C@H]2[C@@H]1OC[C@H]2Oc1nc2nc(OCc3c(F)cc(OC4COC4)cc3F)c(Cl)cc2[nH]1. The smallest absolute Gasteiger partial charge is 0.296 e. The molecule has 13 heteroatoms. The molecule has 0 radical (unpaired) electrons. The molecule has 0 amide bonds. The summed E-state index contributed by atoms with van der Waals surface area (Å²) in [6, 6.07) is 3.87. The predicted octanol–water partition coefficient (Wildman–Crippen LogP) is 2.15. The Balaban J connectivity index is 1.15. The molecular weight excluding hydrogens is 492 g/mol. The van der Waals surface area contributed by atoms with Crippen molar-refractivity contribution in [2.45, 2.75) is 37.1 Å². The molecule has 35 heavy (non-hydrogen) atoms. The van der Waals surface area contributed by atoms with Crippen LogP contribution in [0.4, 0.5) is 8.78 Å². The maximum atomic E-state index is 14.5. The van der Waals surface area contributed by atoms with E-state index >= 15 is 0 Å². The highest BCUT2D eigenvalue weighted by Gasteiger charge is 2.48. The highest BCUT2D eigenvalue weighted by molar-refractivity contribution is 6.32. The van der Waals surface area contributed by atoms with Crippen LogP contribution in [0.3, 0.4) is 0 Å². The van der Waals surface area contributed by atoms with Crippen LogP contribution in [0.15, 0.2) is 18.2 Å². The second kappa shape index (κ2) is 9.03. The van der Waals surface area contributed by atoms with Crippen LogP contribution in [0, 0.1) is 11.6 Å². The molecule has 3 saturated heterocycles. The lowest BCUT2D eigenvalue weighted by atomic mass is 10.1. The van der Waals surface area contributed by atoms with Crippen LogP contribution in [-0.4, -0.2) is 77.0 Å². The summed E-state index contributed by atoms with van der Waals surface area (Å²) < 4.78 is 61.9. The first-order chi connectivity index (χ1) is 16.9. The Labute approximate surface area is 202 Å². The fourth-order valence-electron chi connectivity index (χ4n) is 4.13. The summed E-state index contributed by atoms with van der Waals surface area (Å²) >= 11 is 6.26. The quantitative estimate of drug-likeness (QED) is 0.492. The van der Waals surface area contributed by atoms with E-state index < -0.39 is 42.7 Å². The summed E-state index contributed by atoms with van der Waals surface area (Å²) in [5, 5.41) is 9.98. The van der Waals surface area contributed by atoms with Crippen LogP contribution >= 0.6 is 11.6 Å². The summed E-state index contributed by atoms with van der Waals surface area (Å²) in [4.78, 5) is 11.5. The van der Waals surface area contributed by atoms with Crippen LogP contribution in [0.5, 0.6) is 17.6 Å². The van der Waals surface area contributed by atoms with Crippen molar-refractivity contribution in [2.24, 2.45) is 0 Å². The molecule has 0 saturated carbocycles. The van der Waals surface area contributed by atoms with E-state index in [0.29, 0.717) is 18.7 Å². The van der Waals surface area contributed by atoms with Gasteiger partial charge in [-0.05, 0) is 6.07 Å². The lowest BCUT2D eigenvalue weighted by molar-refractivity contribution is -0.0798. The molecule has 6 rings (SSSR count). The van der Waals surface area contributed by atoms with Crippen molar-refractivity contribution < 1.29 is 42.3 Å². The fraction of sp³-hybridized carbons (Fsp3) is 0.455. The van der Waals surface area contributed by atoms with Crippen LogP contribution in [0.2, 0.25) is 5.02 Å². The number of hydrogen-bond acceptors (Lipinski definition) is 9. The van der Waals surface area contributed by atoms with Crippen molar-refractivity contribution in [2.75, 3.05) is 26.4 Å². The molecular formula is C22H20ClF2N3O7. The fourth-order valence-corrected chi connectivity index (χ4v) is 4.33. The van der Waals surface area contributed by atoms with Crippen LogP contribution in [0.25, 0.3) is 11.2 Å². The number of hydrogen-bond donors (Lipinski definition) is 2. The minimum atomic E-state index is -0.816. The number of H-pyrrole nitrogens is 1. The topological polar surface area (TPSA) is 117 Å². The van der Waals surface area contributed by atoms with Crippen molar-refractivity contribution in [1.29, 1.82) is 0 Å². The first-order valence-electron chi connectivity index (χ1n) is 10.9. The van der Waals surface area contributed by atoms with E-state index in [1.165, 1.54) is 6.07 Å². The van der Waals surface area contributed by atoms with E-state index in [1.54, 1.807) is 0 Å². The van der Waals surface area contributed by atoms with E-state index in [1.807, 2.05) is 0 Å². The Morgan fingerprint density at radius 2 is 1.80 bits per heavy atom. The normalized spacial score (nSPS) is 26.1. The second-order valence-electron chi connectivity index (χ2n) is 8.44.